The largest absolute Gasteiger partial charge is 0.497 e. The Balaban J connectivity index is 1.92. The number of benzene rings is 2. The Morgan fingerprint density at radius 3 is 2.41 bits per heavy atom. The molecule has 2 aromatic carbocycles. The number of hydrogen-bond acceptors (Lipinski definition) is 5. The van der Waals surface area contributed by atoms with Crippen LogP contribution in [0.15, 0.2) is 42.5 Å². The number of carbonyl (C=O) groups is 1. The Kier molecular flexibility index (Phi) is 8.27. The minimum Gasteiger partial charge on any atom is -0.497 e. The van der Waals surface area contributed by atoms with Gasteiger partial charge in [0.2, 0.25) is 5.91 Å². The van der Waals surface area contributed by atoms with Crippen LogP contribution in [-0.4, -0.2) is 40.4 Å². The van der Waals surface area contributed by atoms with E-state index in [-0.39, 0.29) is 17.4 Å². The van der Waals surface area contributed by atoms with Crippen molar-refractivity contribution < 1.29 is 32.5 Å². The van der Waals surface area contributed by atoms with Gasteiger partial charge in [-0.1, -0.05) is 6.07 Å². The molecule has 156 valence electrons. The van der Waals surface area contributed by atoms with Crippen LogP contribution in [0, 0.1) is 0 Å². The Morgan fingerprint density at radius 1 is 1.00 bits per heavy atom. The van der Waals surface area contributed by atoms with Crippen molar-refractivity contribution in [2.24, 2.45) is 0 Å². The topological polar surface area (TPSA) is 66.0 Å². The lowest BCUT2D eigenvalue weighted by Crippen LogP contribution is -2.23. The third kappa shape index (κ3) is 6.67. The van der Waals surface area contributed by atoms with Crippen LogP contribution in [0.25, 0.3) is 6.08 Å². The first-order chi connectivity index (χ1) is 14.0. The zero-order valence-electron chi connectivity index (χ0n) is 16.4. The number of nitrogens with one attached hydrogen (secondary N) is 1. The summed E-state index contributed by atoms with van der Waals surface area (Å²) in [5, 5.41) is 2.74. The normalized spacial score (nSPS) is 10.8. The molecule has 0 saturated heterocycles. The summed E-state index contributed by atoms with van der Waals surface area (Å²) in [4.78, 5) is 12.0. The molecule has 0 bridgehead atoms. The second-order valence-electron chi connectivity index (χ2n) is 5.85. The molecule has 0 atom stereocenters. The van der Waals surface area contributed by atoms with Crippen LogP contribution in [0.2, 0.25) is 0 Å². The van der Waals surface area contributed by atoms with Crippen LogP contribution in [0.4, 0.5) is 8.78 Å². The quantitative estimate of drug-likeness (QED) is 0.609. The molecule has 6 nitrogen and oxygen atoms in total. The third-order valence-electron chi connectivity index (χ3n) is 4.01. The van der Waals surface area contributed by atoms with E-state index in [2.05, 4.69) is 10.1 Å². The summed E-state index contributed by atoms with van der Waals surface area (Å²) in [7, 11) is 4.47. The molecule has 0 aliphatic carbocycles. The van der Waals surface area contributed by atoms with Gasteiger partial charge in [0.15, 0.2) is 11.5 Å². The zero-order valence-corrected chi connectivity index (χ0v) is 16.4. The Hall–Kier alpha value is -3.29. The molecule has 0 spiro atoms. The molecule has 2 aromatic rings. The molecular formula is C21H23F2NO5. The van der Waals surface area contributed by atoms with E-state index in [0.29, 0.717) is 24.5 Å². The number of halogens is 2. The van der Waals surface area contributed by atoms with E-state index in [0.717, 1.165) is 11.1 Å². The highest BCUT2D eigenvalue weighted by Gasteiger charge is 2.11. The molecule has 0 fully saturated rings. The summed E-state index contributed by atoms with van der Waals surface area (Å²) in [5.74, 6) is 1.11. The van der Waals surface area contributed by atoms with Gasteiger partial charge in [-0.05, 0) is 42.3 Å². The van der Waals surface area contributed by atoms with Crippen molar-refractivity contribution >= 4 is 12.0 Å². The van der Waals surface area contributed by atoms with Crippen molar-refractivity contribution in [1.29, 1.82) is 0 Å². The Bertz CT molecular complexity index is 855. The molecule has 0 unspecified atom stereocenters. The summed E-state index contributed by atoms with van der Waals surface area (Å²) in [6.07, 6.45) is 3.47. The van der Waals surface area contributed by atoms with Crippen molar-refractivity contribution in [1.82, 2.24) is 5.32 Å². The summed E-state index contributed by atoms with van der Waals surface area (Å²) in [6, 6.07) is 10.0. The molecule has 0 aromatic heterocycles. The molecule has 2 rings (SSSR count). The monoisotopic (exact) mass is 407 g/mol. The smallest absolute Gasteiger partial charge is 0.387 e. The second kappa shape index (κ2) is 10.9. The van der Waals surface area contributed by atoms with Crippen molar-refractivity contribution in [3.05, 3.63) is 53.6 Å². The second-order valence-corrected chi connectivity index (χ2v) is 5.85. The summed E-state index contributed by atoms with van der Waals surface area (Å²) >= 11 is 0. The number of hydrogen-bond donors (Lipinski definition) is 1. The summed E-state index contributed by atoms with van der Waals surface area (Å²) in [5.41, 5.74) is 1.45. The average Bonchev–Trinajstić information content (AvgIpc) is 2.71. The number of rotatable bonds is 10. The first-order valence-corrected chi connectivity index (χ1v) is 8.76. The number of alkyl halides is 2. The van der Waals surface area contributed by atoms with E-state index < -0.39 is 6.61 Å². The maximum Gasteiger partial charge on any atom is 0.387 e. The van der Waals surface area contributed by atoms with Gasteiger partial charge in [-0.25, -0.2) is 0 Å². The highest BCUT2D eigenvalue weighted by molar-refractivity contribution is 5.92. The van der Waals surface area contributed by atoms with E-state index in [1.54, 1.807) is 43.5 Å². The first-order valence-electron chi connectivity index (χ1n) is 8.76. The average molecular weight is 407 g/mol. The molecule has 0 saturated carbocycles. The molecule has 1 N–H and O–H groups in total. The number of ether oxygens (including phenoxy) is 4. The highest BCUT2D eigenvalue weighted by Crippen LogP contribution is 2.29. The predicted molar refractivity (Wildman–Crippen MR) is 105 cm³/mol. The van der Waals surface area contributed by atoms with Crippen molar-refractivity contribution in [3.8, 4) is 23.0 Å². The maximum atomic E-state index is 12.5. The lowest BCUT2D eigenvalue weighted by Gasteiger charge is -2.11. The molecule has 0 aliphatic heterocycles. The molecule has 0 aliphatic rings. The van der Waals surface area contributed by atoms with Gasteiger partial charge < -0.3 is 24.3 Å². The third-order valence-corrected chi connectivity index (χ3v) is 4.01. The molecule has 0 radical (unpaired) electrons. The molecule has 1 amide bonds. The van der Waals surface area contributed by atoms with Crippen LogP contribution in [0.5, 0.6) is 23.0 Å². The Labute approximate surface area is 168 Å². The van der Waals surface area contributed by atoms with Crippen LogP contribution < -0.4 is 24.3 Å². The fraction of sp³-hybridized carbons (Fsp3) is 0.286. The summed E-state index contributed by atoms with van der Waals surface area (Å²) < 4.78 is 44.8. The van der Waals surface area contributed by atoms with E-state index in [9.17, 15) is 13.6 Å². The van der Waals surface area contributed by atoms with Gasteiger partial charge in [-0.2, -0.15) is 8.78 Å². The lowest BCUT2D eigenvalue weighted by atomic mass is 10.1. The molecular weight excluding hydrogens is 384 g/mol. The van der Waals surface area contributed by atoms with Crippen molar-refractivity contribution in [2.45, 2.75) is 13.0 Å². The Morgan fingerprint density at radius 2 is 1.76 bits per heavy atom. The standard InChI is InChI=1S/C21H23F2NO5/c1-26-16-7-5-15(18(13-16)28-3)6-9-20(25)24-11-10-14-4-8-17(27-2)19(12-14)29-21(22)23/h4-9,12-13,21H,10-11H2,1-3H3,(H,24,25)/b9-6+. The molecule has 8 heteroatoms. The SMILES string of the molecule is COc1ccc(/C=C/C(=O)NCCc2ccc(OC)c(OC(F)F)c2)c(OC)c1. The minimum atomic E-state index is -2.95. The first kappa shape index (κ1) is 22.0. The number of methoxy groups -OCH3 is 3. The minimum absolute atomic E-state index is 0.0437. The maximum absolute atomic E-state index is 12.5. The van der Waals surface area contributed by atoms with Gasteiger partial charge in [0, 0.05) is 24.3 Å². The van der Waals surface area contributed by atoms with E-state index in [1.165, 1.54) is 26.4 Å². The zero-order chi connectivity index (χ0) is 21.2. The fourth-order valence-electron chi connectivity index (χ4n) is 2.58. The van der Waals surface area contributed by atoms with Crippen LogP contribution in [0.3, 0.4) is 0 Å². The van der Waals surface area contributed by atoms with Gasteiger partial charge in [-0.3, -0.25) is 4.79 Å². The van der Waals surface area contributed by atoms with Gasteiger partial charge >= 0.3 is 6.61 Å². The van der Waals surface area contributed by atoms with E-state index in [1.807, 2.05) is 0 Å². The fourth-order valence-corrected chi connectivity index (χ4v) is 2.58. The molecule has 0 heterocycles. The highest BCUT2D eigenvalue weighted by atomic mass is 19.3. The van der Waals surface area contributed by atoms with Crippen molar-refractivity contribution in [3.63, 3.8) is 0 Å². The van der Waals surface area contributed by atoms with Crippen LogP contribution in [0.1, 0.15) is 11.1 Å². The predicted octanol–water partition coefficient (Wildman–Crippen LogP) is 3.69. The number of carbonyl (C=O) groups excluding carboxylic acids is 1. The van der Waals surface area contributed by atoms with Gasteiger partial charge in [0.05, 0.1) is 21.3 Å². The summed E-state index contributed by atoms with van der Waals surface area (Å²) in [6.45, 7) is -2.62. The van der Waals surface area contributed by atoms with Crippen LogP contribution >= 0.6 is 0 Å². The van der Waals surface area contributed by atoms with Gasteiger partial charge in [0.1, 0.15) is 11.5 Å². The van der Waals surface area contributed by atoms with Gasteiger partial charge in [-0.15, -0.1) is 0 Å². The number of amides is 1. The van der Waals surface area contributed by atoms with Crippen molar-refractivity contribution in [2.75, 3.05) is 27.9 Å². The lowest BCUT2D eigenvalue weighted by molar-refractivity contribution is -0.116. The molecule has 29 heavy (non-hydrogen) atoms. The van der Waals surface area contributed by atoms with Crippen LogP contribution in [-0.2, 0) is 11.2 Å². The van der Waals surface area contributed by atoms with Gasteiger partial charge in [0.25, 0.3) is 0 Å². The van der Waals surface area contributed by atoms with E-state index >= 15 is 0 Å². The van der Waals surface area contributed by atoms with E-state index in [4.69, 9.17) is 14.2 Å².